The lowest BCUT2D eigenvalue weighted by atomic mass is 10.2. The molecule has 2 aromatic rings. The number of hydrogen-bond acceptors (Lipinski definition) is 5. The average Bonchev–Trinajstić information content (AvgIpc) is 2.62. The molecule has 24 heavy (non-hydrogen) atoms. The van der Waals surface area contributed by atoms with Crippen LogP contribution in [0.25, 0.3) is 0 Å². The van der Waals surface area contributed by atoms with Crippen molar-refractivity contribution in [3.63, 3.8) is 0 Å². The van der Waals surface area contributed by atoms with Crippen LogP contribution in [0.1, 0.15) is 19.5 Å². The molecule has 0 saturated carbocycles. The van der Waals surface area contributed by atoms with E-state index in [-0.39, 0.29) is 5.56 Å². The fourth-order valence-corrected chi connectivity index (χ4v) is 2.96. The van der Waals surface area contributed by atoms with E-state index in [9.17, 15) is 4.79 Å². The van der Waals surface area contributed by atoms with Crippen LogP contribution in [0.5, 0.6) is 0 Å². The molecule has 1 aromatic carbocycles. The van der Waals surface area contributed by atoms with Gasteiger partial charge in [0.25, 0.3) is 5.56 Å². The van der Waals surface area contributed by atoms with Crippen molar-refractivity contribution in [1.82, 2.24) is 14.9 Å². The number of benzene rings is 1. The van der Waals surface area contributed by atoms with E-state index in [0.29, 0.717) is 5.95 Å². The van der Waals surface area contributed by atoms with Gasteiger partial charge in [-0.15, -0.1) is 0 Å². The zero-order valence-electron chi connectivity index (χ0n) is 14.4. The number of aryl methyl sites for hydroxylation is 1. The van der Waals surface area contributed by atoms with Crippen LogP contribution in [0, 0.1) is 0 Å². The van der Waals surface area contributed by atoms with E-state index in [2.05, 4.69) is 44.1 Å². The zero-order valence-corrected chi connectivity index (χ0v) is 14.4. The van der Waals surface area contributed by atoms with Crippen LogP contribution < -0.4 is 15.8 Å². The fraction of sp³-hybridized carbons (Fsp3) is 0.444. The topological polar surface area (TPSA) is 64.3 Å². The summed E-state index contributed by atoms with van der Waals surface area (Å²) in [5.74, 6) is 0.490. The number of hydrogen-bond donors (Lipinski definition) is 2. The van der Waals surface area contributed by atoms with E-state index >= 15 is 0 Å². The van der Waals surface area contributed by atoms with Crippen LogP contribution in [-0.4, -0.2) is 47.6 Å². The van der Waals surface area contributed by atoms with Gasteiger partial charge >= 0.3 is 0 Å². The molecule has 0 unspecified atom stereocenters. The monoisotopic (exact) mass is 327 g/mol. The Morgan fingerprint density at radius 1 is 1.12 bits per heavy atom. The minimum absolute atomic E-state index is 0.130. The van der Waals surface area contributed by atoms with Gasteiger partial charge in [-0.2, -0.15) is 0 Å². The minimum Gasteiger partial charge on any atom is -0.369 e. The first-order valence-electron chi connectivity index (χ1n) is 8.62. The van der Waals surface area contributed by atoms with Gasteiger partial charge in [-0.25, -0.2) is 4.98 Å². The number of rotatable bonds is 5. The Kier molecular flexibility index (Phi) is 5.15. The van der Waals surface area contributed by atoms with Gasteiger partial charge in [0, 0.05) is 49.3 Å². The van der Waals surface area contributed by atoms with Crippen molar-refractivity contribution in [2.45, 2.75) is 20.3 Å². The van der Waals surface area contributed by atoms with E-state index in [0.717, 1.165) is 50.5 Å². The number of anilines is 3. The molecule has 2 heterocycles. The van der Waals surface area contributed by atoms with E-state index in [4.69, 9.17) is 0 Å². The van der Waals surface area contributed by atoms with Crippen molar-refractivity contribution in [2.24, 2.45) is 0 Å². The van der Waals surface area contributed by atoms with Crippen molar-refractivity contribution >= 4 is 17.3 Å². The highest BCUT2D eigenvalue weighted by atomic mass is 16.1. The summed E-state index contributed by atoms with van der Waals surface area (Å²) in [6.45, 7) is 9.68. The summed E-state index contributed by atoms with van der Waals surface area (Å²) in [7, 11) is 0. The van der Waals surface area contributed by atoms with E-state index < -0.39 is 0 Å². The normalized spacial score (nSPS) is 15.5. The molecule has 128 valence electrons. The molecule has 1 aromatic heterocycles. The molecular weight excluding hydrogens is 302 g/mol. The quantitative estimate of drug-likeness (QED) is 0.881. The Labute approximate surface area is 142 Å². The molecule has 2 N–H and O–H groups in total. The highest BCUT2D eigenvalue weighted by Crippen LogP contribution is 2.20. The summed E-state index contributed by atoms with van der Waals surface area (Å²) in [5, 5.41) is 3.17. The zero-order chi connectivity index (χ0) is 16.9. The van der Waals surface area contributed by atoms with Gasteiger partial charge in [-0.05, 0) is 37.2 Å². The maximum Gasteiger partial charge on any atom is 0.252 e. The molecule has 0 amide bonds. The molecule has 6 heteroatoms. The van der Waals surface area contributed by atoms with Crippen molar-refractivity contribution in [1.29, 1.82) is 0 Å². The summed E-state index contributed by atoms with van der Waals surface area (Å²) < 4.78 is 0. The molecule has 3 rings (SSSR count). The molecule has 1 fully saturated rings. The van der Waals surface area contributed by atoms with Crippen molar-refractivity contribution in [3.8, 4) is 0 Å². The number of aromatic amines is 1. The lowest BCUT2D eigenvalue weighted by Crippen LogP contribution is -2.46. The van der Waals surface area contributed by atoms with Crippen LogP contribution in [0.4, 0.5) is 17.3 Å². The third-order valence-electron chi connectivity index (χ3n) is 4.47. The van der Waals surface area contributed by atoms with E-state index in [1.807, 2.05) is 19.1 Å². The number of H-pyrrole nitrogens is 1. The first-order valence-corrected chi connectivity index (χ1v) is 8.62. The Morgan fingerprint density at radius 3 is 2.46 bits per heavy atom. The summed E-state index contributed by atoms with van der Waals surface area (Å²) in [4.78, 5) is 23.6. The maximum absolute atomic E-state index is 11.6. The van der Waals surface area contributed by atoms with Gasteiger partial charge < -0.3 is 15.1 Å². The third-order valence-corrected chi connectivity index (χ3v) is 4.47. The lowest BCUT2D eigenvalue weighted by molar-refractivity contribution is 0.271. The fourth-order valence-electron chi connectivity index (χ4n) is 2.96. The third kappa shape index (κ3) is 3.94. The van der Waals surface area contributed by atoms with Crippen molar-refractivity contribution in [2.75, 3.05) is 42.9 Å². The van der Waals surface area contributed by atoms with Crippen LogP contribution >= 0.6 is 0 Å². The Balaban J connectivity index is 1.67. The highest BCUT2D eigenvalue weighted by molar-refractivity contribution is 5.59. The Hall–Kier alpha value is -2.34. The van der Waals surface area contributed by atoms with Gasteiger partial charge in [0.2, 0.25) is 5.95 Å². The van der Waals surface area contributed by atoms with Crippen molar-refractivity contribution in [3.05, 3.63) is 46.4 Å². The first-order chi connectivity index (χ1) is 11.7. The summed E-state index contributed by atoms with van der Waals surface area (Å²) in [6.07, 6.45) is 0.737. The molecule has 0 spiro atoms. The first kappa shape index (κ1) is 16.5. The average molecular weight is 327 g/mol. The Morgan fingerprint density at radius 2 is 1.83 bits per heavy atom. The Bertz CT molecular complexity index is 717. The van der Waals surface area contributed by atoms with E-state index in [1.54, 1.807) is 0 Å². The van der Waals surface area contributed by atoms with Gasteiger partial charge in [0.15, 0.2) is 0 Å². The van der Waals surface area contributed by atoms with Crippen molar-refractivity contribution < 1.29 is 0 Å². The van der Waals surface area contributed by atoms with Crippen LogP contribution in [-0.2, 0) is 6.42 Å². The predicted molar refractivity (Wildman–Crippen MR) is 98.3 cm³/mol. The van der Waals surface area contributed by atoms with Gasteiger partial charge in [0.1, 0.15) is 0 Å². The number of nitrogens with one attached hydrogen (secondary N) is 2. The minimum atomic E-state index is -0.130. The number of piperazine rings is 1. The molecule has 1 aliphatic heterocycles. The molecule has 6 nitrogen and oxygen atoms in total. The van der Waals surface area contributed by atoms with Crippen LogP contribution in [0.15, 0.2) is 35.1 Å². The SMILES string of the molecule is CCc1cc(=O)[nH]c(Nc2ccc(N3CCN(CC)CC3)cc2)n1. The second kappa shape index (κ2) is 7.49. The summed E-state index contributed by atoms with van der Waals surface area (Å²) in [6, 6.07) is 9.82. The largest absolute Gasteiger partial charge is 0.369 e. The van der Waals surface area contributed by atoms with E-state index in [1.165, 1.54) is 11.8 Å². The smallest absolute Gasteiger partial charge is 0.252 e. The maximum atomic E-state index is 11.6. The van der Waals surface area contributed by atoms with Crippen LogP contribution in [0.2, 0.25) is 0 Å². The summed E-state index contributed by atoms with van der Waals surface area (Å²) in [5.41, 5.74) is 2.81. The van der Waals surface area contributed by atoms with Gasteiger partial charge in [0.05, 0.1) is 0 Å². The van der Waals surface area contributed by atoms with Crippen LogP contribution in [0.3, 0.4) is 0 Å². The second-order valence-electron chi connectivity index (χ2n) is 6.03. The predicted octanol–water partition coefficient (Wildman–Crippen LogP) is 2.22. The number of nitrogens with zero attached hydrogens (tertiary/aromatic N) is 3. The molecule has 0 radical (unpaired) electrons. The van der Waals surface area contributed by atoms with Gasteiger partial charge in [-0.1, -0.05) is 13.8 Å². The number of aromatic nitrogens is 2. The standard InChI is InChI=1S/C18H25N5O/c1-3-14-13-17(24)21-18(19-14)20-15-5-7-16(8-6-15)23-11-9-22(4-2)10-12-23/h5-8,13H,3-4,9-12H2,1-2H3,(H2,19,20,21,24). The molecular formula is C18H25N5O. The molecule has 0 bridgehead atoms. The molecule has 1 saturated heterocycles. The molecule has 0 aliphatic carbocycles. The molecule has 0 atom stereocenters. The van der Waals surface area contributed by atoms with Gasteiger partial charge in [-0.3, -0.25) is 9.78 Å². The second-order valence-corrected chi connectivity index (χ2v) is 6.03. The summed E-state index contributed by atoms with van der Waals surface area (Å²) >= 11 is 0. The highest BCUT2D eigenvalue weighted by Gasteiger charge is 2.15. The number of likely N-dealkylation sites (N-methyl/N-ethyl adjacent to an activating group) is 1. The molecule has 1 aliphatic rings. The lowest BCUT2D eigenvalue weighted by Gasteiger charge is -2.35.